The van der Waals surface area contributed by atoms with E-state index < -0.39 is 0 Å². The molecule has 1 aliphatic heterocycles. The van der Waals surface area contributed by atoms with Crippen molar-refractivity contribution in [3.63, 3.8) is 0 Å². The summed E-state index contributed by atoms with van der Waals surface area (Å²) in [4.78, 5) is 15.9. The van der Waals surface area contributed by atoms with Crippen molar-refractivity contribution in [1.82, 2.24) is 4.90 Å². The number of nitriles is 1. The molecule has 1 heterocycles. The van der Waals surface area contributed by atoms with Gasteiger partial charge in [0.15, 0.2) is 0 Å². The van der Waals surface area contributed by atoms with E-state index >= 15 is 0 Å². The van der Waals surface area contributed by atoms with Gasteiger partial charge in [0, 0.05) is 25.8 Å². The number of rotatable bonds is 1. The third-order valence-electron chi connectivity index (χ3n) is 3.72. The average Bonchev–Trinajstić information content (AvgIpc) is 2.46. The molecule has 1 aromatic carbocycles. The molecule has 0 spiro atoms. The number of piperidine rings is 1. The minimum Gasteiger partial charge on any atom is -0.324 e. The van der Waals surface area contributed by atoms with Crippen LogP contribution < -0.4 is 4.90 Å². The summed E-state index contributed by atoms with van der Waals surface area (Å²) in [6.07, 6.45) is 2.15. The van der Waals surface area contributed by atoms with E-state index in [-0.39, 0.29) is 6.03 Å². The van der Waals surface area contributed by atoms with Crippen LogP contribution in [-0.2, 0) is 0 Å². The number of urea groups is 1. The van der Waals surface area contributed by atoms with Gasteiger partial charge in [-0.25, -0.2) is 4.79 Å². The van der Waals surface area contributed by atoms with Gasteiger partial charge in [0.25, 0.3) is 0 Å². The molecular formula is C15H19N3O. The molecule has 1 saturated heterocycles. The Hall–Kier alpha value is -2.02. The lowest BCUT2D eigenvalue weighted by Crippen LogP contribution is -2.45. The van der Waals surface area contributed by atoms with E-state index in [1.165, 1.54) is 0 Å². The number of likely N-dealkylation sites (tertiary alicyclic amines) is 1. The molecule has 19 heavy (non-hydrogen) atoms. The molecule has 0 aliphatic carbocycles. The SMILES string of the molecule is CC1CCN(C(=O)N(C)c2ccc(C#N)cc2)CC1. The number of hydrogen-bond donors (Lipinski definition) is 0. The summed E-state index contributed by atoms with van der Waals surface area (Å²) in [6.45, 7) is 3.90. The molecule has 0 radical (unpaired) electrons. The monoisotopic (exact) mass is 257 g/mol. The van der Waals surface area contributed by atoms with Crippen LogP contribution in [-0.4, -0.2) is 31.1 Å². The van der Waals surface area contributed by atoms with Gasteiger partial charge in [0.2, 0.25) is 0 Å². The highest BCUT2D eigenvalue weighted by atomic mass is 16.2. The first-order valence-electron chi connectivity index (χ1n) is 6.64. The lowest BCUT2D eigenvalue weighted by atomic mass is 9.99. The first-order chi connectivity index (χ1) is 9.11. The van der Waals surface area contributed by atoms with Crippen LogP contribution in [0.2, 0.25) is 0 Å². The van der Waals surface area contributed by atoms with Crippen molar-refractivity contribution < 1.29 is 4.79 Å². The zero-order valence-electron chi connectivity index (χ0n) is 11.5. The Bertz CT molecular complexity index is 481. The highest BCUT2D eigenvalue weighted by Crippen LogP contribution is 2.20. The Morgan fingerprint density at radius 3 is 2.42 bits per heavy atom. The van der Waals surface area contributed by atoms with Crippen molar-refractivity contribution in [3.8, 4) is 6.07 Å². The zero-order chi connectivity index (χ0) is 13.8. The maximum Gasteiger partial charge on any atom is 0.324 e. The molecule has 1 fully saturated rings. The maximum atomic E-state index is 12.3. The fourth-order valence-corrected chi connectivity index (χ4v) is 2.28. The fourth-order valence-electron chi connectivity index (χ4n) is 2.28. The van der Waals surface area contributed by atoms with Crippen molar-refractivity contribution in [3.05, 3.63) is 29.8 Å². The van der Waals surface area contributed by atoms with E-state index in [0.717, 1.165) is 31.6 Å². The van der Waals surface area contributed by atoms with Gasteiger partial charge >= 0.3 is 6.03 Å². The van der Waals surface area contributed by atoms with Crippen LogP contribution >= 0.6 is 0 Å². The van der Waals surface area contributed by atoms with Gasteiger partial charge in [-0.15, -0.1) is 0 Å². The smallest absolute Gasteiger partial charge is 0.324 e. The predicted molar refractivity (Wildman–Crippen MR) is 74.9 cm³/mol. The second-order valence-electron chi connectivity index (χ2n) is 5.17. The van der Waals surface area contributed by atoms with Crippen molar-refractivity contribution in [1.29, 1.82) is 5.26 Å². The summed E-state index contributed by atoms with van der Waals surface area (Å²) >= 11 is 0. The quantitative estimate of drug-likeness (QED) is 0.776. The van der Waals surface area contributed by atoms with Crippen LogP contribution in [0.15, 0.2) is 24.3 Å². The number of anilines is 1. The summed E-state index contributed by atoms with van der Waals surface area (Å²) in [6, 6.07) is 9.20. The minimum atomic E-state index is 0.0385. The van der Waals surface area contributed by atoms with Crippen molar-refractivity contribution in [2.45, 2.75) is 19.8 Å². The molecule has 0 N–H and O–H groups in total. The lowest BCUT2D eigenvalue weighted by Gasteiger charge is -2.33. The molecular weight excluding hydrogens is 238 g/mol. The van der Waals surface area contributed by atoms with Gasteiger partial charge in [-0.1, -0.05) is 6.92 Å². The lowest BCUT2D eigenvalue weighted by molar-refractivity contribution is 0.181. The number of nitrogens with zero attached hydrogens (tertiary/aromatic N) is 3. The number of amides is 2. The second kappa shape index (κ2) is 5.75. The molecule has 4 nitrogen and oxygen atoms in total. The Labute approximate surface area is 114 Å². The third kappa shape index (κ3) is 3.05. The highest BCUT2D eigenvalue weighted by Gasteiger charge is 2.23. The van der Waals surface area contributed by atoms with Gasteiger partial charge in [0.05, 0.1) is 11.6 Å². The average molecular weight is 257 g/mol. The molecule has 2 amide bonds. The zero-order valence-corrected chi connectivity index (χ0v) is 11.5. The van der Waals surface area contributed by atoms with Gasteiger partial charge < -0.3 is 4.90 Å². The third-order valence-corrected chi connectivity index (χ3v) is 3.72. The van der Waals surface area contributed by atoms with Crippen LogP contribution in [0.1, 0.15) is 25.3 Å². The van der Waals surface area contributed by atoms with E-state index in [0.29, 0.717) is 11.5 Å². The topological polar surface area (TPSA) is 47.3 Å². The van der Waals surface area contributed by atoms with Crippen molar-refractivity contribution in [2.24, 2.45) is 5.92 Å². The molecule has 0 saturated carbocycles. The second-order valence-corrected chi connectivity index (χ2v) is 5.17. The fraction of sp³-hybridized carbons (Fsp3) is 0.467. The van der Waals surface area contributed by atoms with Crippen LogP contribution in [0.4, 0.5) is 10.5 Å². The summed E-state index contributed by atoms with van der Waals surface area (Å²) in [5.41, 5.74) is 1.43. The summed E-state index contributed by atoms with van der Waals surface area (Å²) in [7, 11) is 1.78. The summed E-state index contributed by atoms with van der Waals surface area (Å²) in [5, 5.41) is 8.77. The molecule has 2 rings (SSSR count). The van der Waals surface area contributed by atoms with E-state index in [4.69, 9.17) is 5.26 Å². The Kier molecular flexibility index (Phi) is 4.06. The van der Waals surface area contributed by atoms with Crippen molar-refractivity contribution >= 4 is 11.7 Å². The Morgan fingerprint density at radius 1 is 1.32 bits per heavy atom. The van der Waals surface area contributed by atoms with E-state index in [1.807, 2.05) is 17.0 Å². The molecule has 0 unspecified atom stereocenters. The van der Waals surface area contributed by atoms with E-state index in [1.54, 1.807) is 24.1 Å². The van der Waals surface area contributed by atoms with E-state index in [9.17, 15) is 4.79 Å². The molecule has 1 aromatic rings. The molecule has 0 aromatic heterocycles. The number of carbonyl (C=O) groups is 1. The van der Waals surface area contributed by atoms with Crippen LogP contribution in [0.5, 0.6) is 0 Å². The maximum absolute atomic E-state index is 12.3. The van der Waals surface area contributed by atoms with Crippen LogP contribution in [0.25, 0.3) is 0 Å². The van der Waals surface area contributed by atoms with Gasteiger partial charge in [-0.2, -0.15) is 5.26 Å². The molecule has 4 heteroatoms. The number of hydrogen-bond acceptors (Lipinski definition) is 2. The first kappa shape index (κ1) is 13.4. The van der Waals surface area contributed by atoms with Crippen molar-refractivity contribution in [2.75, 3.05) is 25.0 Å². The largest absolute Gasteiger partial charge is 0.324 e. The number of benzene rings is 1. The van der Waals surface area contributed by atoms with E-state index in [2.05, 4.69) is 13.0 Å². The number of carbonyl (C=O) groups excluding carboxylic acids is 1. The predicted octanol–water partition coefficient (Wildman–Crippen LogP) is 2.85. The Balaban J connectivity index is 2.04. The molecule has 100 valence electrons. The highest BCUT2D eigenvalue weighted by molar-refractivity contribution is 5.91. The first-order valence-corrected chi connectivity index (χ1v) is 6.64. The van der Waals surface area contributed by atoms with Crippen LogP contribution in [0.3, 0.4) is 0 Å². The standard InChI is InChI=1S/C15H19N3O/c1-12-7-9-18(10-8-12)15(19)17(2)14-5-3-13(11-16)4-6-14/h3-6,12H,7-10H2,1-2H3. The normalized spacial score (nSPS) is 15.9. The summed E-state index contributed by atoms with van der Waals surface area (Å²) < 4.78 is 0. The van der Waals surface area contributed by atoms with Gasteiger partial charge in [-0.3, -0.25) is 4.90 Å². The summed E-state index contributed by atoms with van der Waals surface area (Å²) in [5.74, 6) is 0.712. The van der Waals surface area contributed by atoms with Crippen LogP contribution in [0, 0.1) is 17.2 Å². The van der Waals surface area contributed by atoms with Gasteiger partial charge in [-0.05, 0) is 43.0 Å². The Morgan fingerprint density at radius 2 is 1.89 bits per heavy atom. The minimum absolute atomic E-state index is 0.0385. The molecule has 1 aliphatic rings. The van der Waals surface area contributed by atoms with Gasteiger partial charge in [0.1, 0.15) is 0 Å². The molecule has 0 atom stereocenters. The molecule has 0 bridgehead atoms.